The van der Waals surface area contributed by atoms with Crippen LogP contribution in [-0.4, -0.2) is 11.6 Å². The lowest BCUT2D eigenvalue weighted by molar-refractivity contribution is -0.134. The van der Waals surface area contributed by atoms with Gasteiger partial charge < -0.3 is 0 Å². The quantitative estimate of drug-likeness (QED) is 0.258. The zero-order valence-corrected chi connectivity index (χ0v) is 16.3. The van der Waals surface area contributed by atoms with Crippen molar-refractivity contribution in [1.29, 1.82) is 0 Å². The third kappa shape index (κ3) is 8.99. The maximum atomic E-state index is 12.0. The fourth-order valence-corrected chi connectivity index (χ4v) is 4.28. The third-order valence-electron chi connectivity index (χ3n) is 5.66. The van der Waals surface area contributed by atoms with E-state index in [-0.39, 0.29) is 23.4 Å². The van der Waals surface area contributed by atoms with E-state index in [2.05, 4.69) is 13.8 Å². The molecule has 0 saturated heterocycles. The van der Waals surface area contributed by atoms with Crippen LogP contribution < -0.4 is 0 Å². The Hall–Kier alpha value is -0.660. The van der Waals surface area contributed by atoms with E-state index >= 15 is 0 Å². The number of ketones is 2. The van der Waals surface area contributed by atoms with Crippen molar-refractivity contribution in [2.75, 3.05) is 0 Å². The lowest BCUT2D eigenvalue weighted by atomic mass is 9.67. The van der Waals surface area contributed by atoms with Gasteiger partial charge in [0, 0.05) is 12.8 Å². The van der Waals surface area contributed by atoms with Gasteiger partial charge in [0.1, 0.15) is 11.6 Å². The minimum atomic E-state index is 0.0158. The van der Waals surface area contributed by atoms with Crippen LogP contribution in [0.5, 0.6) is 0 Å². The summed E-state index contributed by atoms with van der Waals surface area (Å²) in [5.41, 5.74) is 0.0158. The molecule has 1 fully saturated rings. The Morgan fingerprint density at radius 1 is 0.625 bits per heavy atom. The summed E-state index contributed by atoms with van der Waals surface area (Å²) in [4.78, 5) is 24.0. The minimum Gasteiger partial charge on any atom is -0.299 e. The number of carbonyl (C=O) groups excluding carboxylic acids is 2. The van der Waals surface area contributed by atoms with Gasteiger partial charge in [-0.3, -0.25) is 9.59 Å². The summed E-state index contributed by atoms with van der Waals surface area (Å²) in [6.45, 7) is 4.49. The summed E-state index contributed by atoms with van der Waals surface area (Å²) in [6, 6.07) is 0. The molecule has 0 aliphatic heterocycles. The summed E-state index contributed by atoms with van der Waals surface area (Å²) in [6.07, 6.45) is 19.2. The first-order chi connectivity index (χ1) is 11.6. The largest absolute Gasteiger partial charge is 0.299 e. The van der Waals surface area contributed by atoms with E-state index in [0.29, 0.717) is 12.8 Å². The van der Waals surface area contributed by atoms with Crippen LogP contribution in [0.4, 0.5) is 0 Å². The van der Waals surface area contributed by atoms with Crippen LogP contribution in [0, 0.1) is 5.41 Å². The highest BCUT2D eigenvalue weighted by atomic mass is 16.1. The minimum absolute atomic E-state index is 0.0158. The van der Waals surface area contributed by atoms with Crippen LogP contribution in [0.15, 0.2) is 0 Å². The number of hydrogen-bond donors (Lipinski definition) is 0. The second-order valence-corrected chi connectivity index (χ2v) is 8.14. The third-order valence-corrected chi connectivity index (χ3v) is 5.66. The van der Waals surface area contributed by atoms with Gasteiger partial charge >= 0.3 is 0 Å². The molecular formula is C22H40O2. The van der Waals surface area contributed by atoms with Crippen LogP contribution in [0.3, 0.4) is 0 Å². The van der Waals surface area contributed by atoms with E-state index in [4.69, 9.17) is 0 Å². The highest BCUT2D eigenvalue weighted by Crippen LogP contribution is 2.42. The number of Topliss-reactive ketones (excluding diaryl/α,β-unsaturated/α-hetero) is 2. The normalized spacial score (nSPS) is 17.4. The first-order valence-electron chi connectivity index (χ1n) is 10.7. The van der Waals surface area contributed by atoms with Crippen molar-refractivity contribution >= 4 is 11.6 Å². The van der Waals surface area contributed by atoms with E-state index in [0.717, 1.165) is 12.8 Å². The van der Waals surface area contributed by atoms with E-state index in [1.54, 1.807) is 0 Å². The Morgan fingerprint density at radius 2 is 1.00 bits per heavy atom. The lowest BCUT2D eigenvalue weighted by Crippen LogP contribution is -2.34. The first-order valence-corrected chi connectivity index (χ1v) is 10.7. The molecule has 0 heterocycles. The highest BCUT2D eigenvalue weighted by Gasteiger charge is 2.38. The topological polar surface area (TPSA) is 34.1 Å². The maximum Gasteiger partial charge on any atom is 0.140 e. The predicted molar refractivity (Wildman–Crippen MR) is 102 cm³/mol. The molecule has 24 heavy (non-hydrogen) atoms. The molecule has 0 bridgehead atoms. The van der Waals surface area contributed by atoms with Crippen molar-refractivity contribution in [2.45, 2.75) is 123 Å². The number of carbonyl (C=O) groups is 2. The van der Waals surface area contributed by atoms with Crippen LogP contribution in [-0.2, 0) is 9.59 Å². The molecule has 0 amide bonds. The Balaban J connectivity index is 2.38. The summed E-state index contributed by atoms with van der Waals surface area (Å²) in [5, 5.41) is 0. The Kier molecular flexibility index (Phi) is 11.3. The van der Waals surface area contributed by atoms with Crippen molar-refractivity contribution in [2.24, 2.45) is 5.41 Å². The lowest BCUT2D eigenvalue weighted by Gasteiger charge is -2.36. The fraction of sp³-hybridized carbons (Fsp3) is 0.909. The molecule has 0 N–H and O–H groups in total. The first kappa shape index (κ1) is 21.4. The molecule has 1 saturated carbocycles. The predicted octanol–water partition coefficient (Wildman–Crippen LogP) is 6.80. The molecular weight excluding hydrogens is 296 g/mol. The molecule has 0 radical (unpaired) electrons. The second-order valence-electron chi connectivity index (χ2n) is 8.14. The molecule has 1 rings (SSSR count). The van der Waals surface area contributed by atoms with Gasteiger partial charge in [0.05, 0.1) is 6.42 Å². The van der Waals surface area contributed by atoms with Gasteiger partial charge in [-0.2, -0.15) is 0 Å². The molecule has 0 atom stereocenters. The van der Waals surface area contributed by atoms with Gasteiger partial charge in [-0.25, -0.2) is 0 Å². The monoisotopic (exact) mass is 336 g/mol. The number of unbranched alkanes of at least 4 members (excludes halogenated alkanes) is 10. The smallest absolute Gasteiger partial charge is 0.140 e. The van der Waals surface area contributed by atoms with Crippen molar-refractivity contribution in [1.82, 2.24) is 0 Å². The van der Waals surface area contributed by atoms with Crippen LogP contribution in [0.1, 0.15) is 123 Å². The molecule has 0 aromatic heterocycles. The summed E-state index contributed by atoms with van der Waals surface area (Å²) in [5.74, 6) is 0.395. The van der Waals surface area contributed by atoms with Gasteiger partial charge in [-0.15, -0.1) is 0 Å². The van der Waals surface area contributed by atoms with Gasteiger partial charge in [0.25, 0.3) is 0 Å². The average Bonchev–Trinajstić information content (AvgIpc) is 2.53. The van der Waals surface area contributed by atoms with Crippen molar-refractivity contribution in [3.8, 4) is 0 Å². The van der Waals surface area contributed by atoms with Crippen molar-refractivity contribution < 1.29 is 9.59 Å². The van der Waals surface area contributed by atoms with Crippen LogP contribution in [0.2, 0.25) is 0 Å². The summed E-state index contributed by atoms with van der Waals surface area (Å²) in [7, 11) is 0. The number of hydrogen-bond acceptors (Lipinski definition) is 2. The SMILES string of the molecule is CCCCCCCCC1(CCCCCCCC)CC(=O)CC(=O)C1. The second kappa shape index (κ2) is 12.7. The average molecular weight is 337 g/mol. The van der Waals surface area contributed by atoms with E-state index in [9.17, 15) is 9.59 Å². The molecule has 0 aromatic carbocycles. The molecule has 1 aliphatic carbocycles. The van der Waals surface area contributed by atoms with Gasteiger partial charge in [-0.1, -0.05) is 90.9 Å². The molecule has 0 spiro atoms. The maximum absolute atomic E-state index is 12.0. The van der Waals surface area contributed by atoms with E-state index < -0.39 is 0 Å². The van der Waals surface area contributed by atoms with Crippen LogP contribution in [0.25, 0.3) is 0 Å². The molecule has 2 heteroatoms. The Labute approximate surface area is 150 Å². The Morgan fingerprint density at radius 3 is 1.42 bits per heavy atom. The molecule has 140 valence electrons. The molecule has 0 aromatic rings. The summed E-state index contributed by atoms with van der Waals surface area (Å²) < 4.78 is 0. The van der Waals surface area contributed by atoms with Crippen LogP contribution >= 0.6 is 0 Å². The van der Waals surface area contributed by atoms with Crippen molar-refractivity contribution in [3.63, 3.8) is 0 Å². The van der Waals surface area contributed by atoms with Gasteiger partial charge in [0.15, 0.2) is 0 Å². The number of rotatable bonds is 14. The standard InChI is InChI=1S/C22H40O2/c1-3-5-7-9-11-13-15-22(16-14-12-10-8-6-4-2)18-20(23)17-21(24)19-22/h3-19H2,1-2H3. The Bertz CT molecular complexity index is 325. The van der Waals surface area contributed by atoms with E-state index in [1.807, 2.05) is 0 Å². The highest BCUT2D eigenvalue weighted by molar-refractivity contribution is 6.02. The van der Waals surface area contributed by atoms with Crippen molar-refractivity contribution in [3.05, 3.63) is 0 Å². The van der Waals surface area contributed by atoms with Gasteiger partial charge in [-0.05, 0) is 18.3 Å². The molecule has 2 nitrogen and oxygen atoms in total. The molecule has 1 aliphatic rings. The van der Waals surface area contributed by atoms with E-state index in [1.165, 1.54) is 77.0 Å². The van der Waals surface area contributed by atoms with Gasteiger partial charge in [0.2, 0.25) is 0 Å². The summed E-state index contributed by atoms with van der Waals surface area (Å²) >= 11 is 0. The fourth-order valence-electron chi connectivity index (χ4n) is 4.28. The molecule has 0 unspecified atom stereocenters. The zero-order valence-electron chi connectivity index (χ0n) is 16.3. The zero-order chi connectivity index (χ0) is 17.7.